The van der Waals surface area contributed by atoms with E-state index in [4.69, 9.17) is 0 Å². The second-order valence-electron chi connectivity index (χ2n) is 5.46. The molecular weight excluding hydrogens is 279 g/mol. The average Bonchev–Trinajstić information content (AvgIpc) is 2.05. The van der Waals surface area contributed by atoms with Crippen LogP contribution in [0.3, 0.4) is 0 Å². The molecule has 0 amide bonds. The number of halogens is 1. The molecule has 0 aromatic rings. The van der Waals surface area contributed by atoms with Crippen LogP contribution >= 0.6 is 24.5 Å². The van der Waals surface area contributed by atoms with Crippen LogP contribution in [0.1, 0.15) is 27.7 Å². The molecule has 1 fully saturated rings. The summed E-state index contributed by atoms with van der Waals surface area (Å²) in [5, 5.41) is 0. The highest BCUT2D eigenvalue weighted by Crippen LogP contribution is 2.58. The largest absolute Gasteiger partial charge is 0.120 e. The summed E-state index contributed by atoms with van der Waals surface area (Å²) < 4.78 is 0.942. The Morgan fingerprint density at radius 1 is 1.31 bits per heavy atom. The molecule has 0 radical (unpaired) electrons. The molecule has 0 saturated carbocycles. The zero-order valence-corrected chi connectivity index (χ0v) is 13.3. The molecule has 0 aromatic heterocycles. The highest BCUT2D eigenvalue weighted by atomic mass is 79.9. The molecule has 0 aromatic carbocycles. The van der Waals surface area contributed by atoms with Crippen molar-refractivity contribution in [2.24, 2.45) is 10.8 Å². The van der Waals surface area contributed by atoms with E-state index in [0.717, 1.165) is 13.1 Å². The second kappa shape index (κ2) is 5.19. The van der Waals surface area contributed by atoms with E-state index < -0.39 is 0 Å². The first-order valence-electron chi connectivity index (χ1n) is 5.73. The first-order chi connectivity index (χ1) is 7.33. The van der Waals surface area contributed by atoms with Crippen molar-refractivity contribution < 1.29 is 0 Å². The monoisotopic (exact) mass is 300 g/mol. The summed E-state index contributed by atoms with van der Waals surface area (Å²) in [5.41, 5.74) is 2.20. The molecule has 2 heteroatoms. The topological polar surface area (TPSA) is 0 Å². The Labute approximate surface area is 110 Å². The predicted molar refractivity (Wildman–Crippen MR) is 80.9 cm³/mol. The van der Waals surface area contributed by atoms with E-state index in [1.807, 2.05) is 0 Å². The van der Waals surface area contributed by atoms with Crippen LogP contribution in [0.5, 0.6) is 0 Å². The van der Waals surface area contributed by atoms with Gasteiger partial charge in [0.05, 0.1) is 0 Å². The Morgan fingerprint density at radius 2 is 1.88 bits per heavy atom. The third-order valence-corrected chi connectivity index (χ3v) is 5.57. The van der Waals surface area contributed by atoms with Crippen LogP contribution < -0.4 is 0 Å². The fourth-order valence-corrected chi connectivity index (χ4v) is 4.61. The van der Waals surface area contributed by atoms with Crippen molar-refractivity contribution in [1.82, 2.24) is 0 Å². The summed E-state index contributed by atoms with van der Waals surface area (Å²) in [7, 11) is 1.13. The normalized spacial score (nSPS) is 28.4. The van der Waals surface area contributed by atoms with Gasteiger partial charge in [0.25, 0.3) is 0 Å². The van der Waals surface area contributed by atoms with Crippen LogP contribution in [0.15, 0.2) is 34.9 Å². The zero-order chi connectivity index (χ0) is 12.4. The van der Waals surface area contributed by atoms with E-state index in [0.29, 0.717) is 10.8 Å². The SMILES string of the molecule is C=C(Br)/C=C\C(=C/C)C1(C(C)(C)C)CPC1. The van der Waals surface area contributed by atoms with Gasteiger partial charge in [-0.2, -0.15) is 0 Å². The van der Waals surface area contributed by atoms with Crippen molar-refractivity contribution in [3.63, 3.8) is 0 Å². The van der Waals surface area contributed by atoms with Gasteiger partial charge < -0.3 is 0 Å². The van der Waals surface area contributed by atoms with Crippen LogP contribution in [0, 0.1) is 10.8 Å². The van der Waals surface area contributed by atoms with Crippen molar-refractivity contribution in [2.75, 3.05) is 12.3 Å². The molecule has 0 N–H and O–H groups in total. The molecule has 0 spiro atoms. The highest BCUT2D eigenvalue weighted by molar-refractivity contribution is 9.11. The number of hydrogen-bond acceptors (Lipinski definition) is 0. The summed E-state index contributed by atoms with van der Waals surface area (Å²) in [6.07, 6.45) is 9.24. The zero-order valence-electron chi connectivity index (χ0n) is 10.7. The van der Waals surface area contributed by atoms with Crippen molar-refractivity contribution >= 4 is 24.5 Å². The maximum absolute atomic E-state index is 3.85. The molecule has 90 valence electrons. The van der Waals surface area contributed by atoms with Gasteiger partial charge >= 0.3 is 0 Å². The van der Waals surface area contributed by atoms with Gasteiger partial charge in [0.1, 0.15) is 0 Å². The maximum atomic E-state index is 3.85. The molecule has 0 unspecified atom stereocenters. The second-order valence-corrected chi connectivity index (χ2v) is 7.69. The molecule has 0 bridgehead atoms. The standard InChI is InChI=1S/C14H22BrP/c1-6-12(8-7-11(2)15)14(9-16-10-14)13(3,4)5/h6-8,16H,2,9-10H2,1,3-5H3/b8-7-,12-6+. The Morgan fingerprint density at radius 3 is 2.12 bits per heavy atom. The van der Waals surface area contributed by atoms with E-state index in [-0.39, 0.29) is 0 Å². The fraction of sp³-hybridized carbons (Fsp3) is 0.571. The van der Waals surface area contributed by atoms with Crippen molar-refractivity contribution in [2.45, 2.75) is 27.7 Å². The Bertz CT molecular complexity index is 327. The highest BCUT2D eigenvalue weighted by Gasteiger charge is 2.48. The lowest BCUT2D eigenvalue weighted by molar-refractivity contribution is 0.176. The van der Waals surface area contributed by atoms with E-state index in [2.05, 4.69) is 68.4 Å². The molecule has 1 heterocycles. The van der Waals surface area contributed by atoms with E-state index in [9.17, 15) is 0 Å². The van der Waals surface area contributed by atoms with Crippen LogP contribution in [0.25, 0.3) is 0 Å². The molecular formula is C14H22BrP. The molecule has 0 aliphatic carbocycles. The Hall–Kier alpha value is 0.130. The quantitative estimate of drug-likeness (QED) is 0.501. The van der Waals surface area contributed by atoms with Crippen molar-refractivity contribution in [1.29, 1.82) is 0 Å². The molecule has 16 heavy (non-hydrogen) atoms. The molecule has 1 saturated heterocycles. The molecule has 1 aliphatic heterocycles. The van der Waals surface area contributed by atoms with Gasteiger partial charge in [0, 0.05) is 9.90 Å². The van der Waals surface area contributed by atoms with Gasteiger partial charge in [0.15, 0.2) is 0 Å². The third kappa shape index (κ3) is 2.68. The Balaban J connectivity index is 2.99. The minimum atomic E-state index is 0.345. The third-order valence-electron chi connectivity index (χ3n) is 3.60. The van der Waals surface area contributed by atoms with Gasteiger partial charge in [-0.25, -0.2) is 0 Å². The lowest BCUT2D eigenvalue weighted by Gasteiger charge is -2.53. The molecule has 1 aliphatic rings. The molecule has 0 atom stereocenters. The maximum Gasteiger partial charge on any atom is 0.0103 e. The van der Waals surface area contributed by atoms with E-state index in [1.165, 1.54) is 17.9 Å². The lowest BCUT2D eigenvalue weighted by atomic mass is 9.63. The summed E-state index contributed by atoms with van der Waals surface area (Å²) in [5.74, 6) is 0. The van der Waals surface area contributed by atoms with Crippen LogP contribution in [-0.4, -0.2) is 12.3 Å². The summed E-state index contributed by atoms with van der Waals surface area (Å²) >= 11 is 3.38. The summed E-state index contributed by atoms with van der Waals surface area (Å²) in [6.45, 7) is 13.1. The summed E-state index contributed by atoms with van der Waals surface area (Å²) in [4.78, 5) is 0. The fourth-order valence-electron chi connectivity index (χ4n) is 2.25. The van der Waals surface area contributed by atoms with E-state index in [1.54, 1.807) is 0 Å². The van der Waals surface area contributed by atoms with Crippen molar-refractivity contribution in [3.05, 3.63) is 34.9 Å². The van der Waals surface area contributed by atoms with E-state index >= 15 is 0 Å². The minimum Gasteiger partial charge on any atom is -0.120 e. The van der Waals surface area contributed by atoms with Gasteiger partial charge in [-0.3, -0.25) is 0 Å². The first kappa shape index (κ1) is 14.2. The van der Waals surface area contributed by atoms with Crippen LogP contribution in [-0.2, 0) is 0 Å². The average molecular weight is 301 g/mol. The smallest absolute Gasteiger partial charge is 0.0103 e. The number of allylic oxidation sites excluding steroid dienone is 5. The lowest BCUT2D eigenvalue weighted by Crippen LogP contribution is -2.47. The van der Waals surface area contributed by atoms with Crippen molar-refractivity contribution in [3.8, 4) is 0 Å². The molecule has 1 rings (SSSR count). The van der Waals surface area contributed by atoms with Gasteiger partial charge in [-0.05, 0) is 36.3 Å². The van der Waals surface area contributed by atoms with Crippen LogP contribution in [0.4, 0.5) is 0 Å². The first-order valence-corrected chi connectivity index (χ1v) is 7.94. The minimum absolute atomic E-state index is 0.345. The van der Waals surface area contributed by atoms with Gasteiger partial charge in [-0.1, -0.05) is 55.4 Å². The van der Waals surface area contributed by atoms with Gasteiger partial charge in [0.2, 0.25) is 0 Å². The predicted octanol–water partition coefficient (Wildman–Crippen LogP) is 5.12. The summed E-state index contributed by atoms with van der Waals surface area (Å²) in [6, 6.07) is 0. The number of rotatable bonds is 3. The van der Waals surface area contributed by atoms with Crippen LogP contribution in [0.2, 0.25) is 0 Å². The number of hydrogen-bond donors (Lipinski definition) is 0. The Kier molecular flexibility index (Phi) is 4.60. The van der Waals surface area contributed by atoms with Gasteiger partial charge in [-0.15, -0.1) is 8.58 Å². The molecule has 0 nitrogen and oxygen atoms in total.